The van der Waals surface area contributed by atoms with Gasteiger partial charge in [-0.3, -0.25) is 4.79 Å². The van der Waals surface area contributed by atoms with E-state index in [0.717, 1.165) is 24.8 Å². The second-order valence-electron chi connectivity index (χ2n) is 6.61. The zero-order valence-electron chi connectivity index (χ0n) is 12.2. The first-order valence-electron chi connectivity index (χ1n) is 7.70. The molecule has 0 atom stereocenters. The van der Waals surface area contributed by atoms with Crippen LogP contribution in [0, 0.1) is 5.41 Å². The summed E-state index contributed by atoms with van der Waals surface area (Å²) >= 11 is 0. The highest BCUT2D eigenvalue weighted by Crippen LogP contribution is 2.62. The summed E-state index contributed by atoms with van der Waals surface area (Å²) in [6.07, 6.45) is 4.02. The summed E-state index contributed by atoms with van der Waals surface area (Å²) in [5.74, 6) is -0.446. The van der Waals surface area contributed by atoms with Gasteiger partial charge in [0.25, 0.3) is 5.91 Å². The van der Waals surface area contributed by atoms with Crippen molar-refractivity contribution in [2.45, 2.75) is 44.3 Å². The Hall–Kier alpha value is -1.42. The molecule has 2 aliphatic rings. The Bertz CT molecular complexity index is 505. The van der Waals surface area contributed by atoms with Gasteiger partial charge in [0.1, 0.15) is 0 Å². The number of aliphatic hydroxyl groups is 1. The van der Waals surface area contributed by atoms with Crippen molar-refractivity contribution in [1.82, 2.24) is 4.90 Å². The molecule has 21 heavy (non-hydrogen) atoms. The van der Waals surface area contributed by atoms with Crippen molar-refractivity contribution in [3.05, 3.63) is 35.9 Å². The molecule has 0 aromatic heterocycles. The Labute approximate surface area is 124 Å². The molecule has 1 aromatic carbocycles. The predicted octanol–water partition coefficient (Wildman–Crippen LogP) is 2.68. The SMILES string of the molecule is O=C(N(CCO)Cc1ccccc1)C1(F)CC2(CCC2)C1. The first-order chi connectivity index (χ1) is 10.1. The lowest BCUT2D eigenvalue weighted by atomic mass is 9.50. The van der Waals surface area contributed by atoms with E-state index in [1.165, 1.54) is 4.90 Å². The molecular weight excluding hydrogens is 269 g/mol. The number of hydrogen-bond donors (Lipinski definition) is 1. The van der Waals surface area contributed by atoms with Crippen LogP contribution >= 0.6 is 0 Å². The minimum Gasteiger partial charge on any atom is -0.395 e. The van der Waals surface area contributed by atoms with Crippen LogP contribution in [0.2, 0.25) is 0 Å². The quantitative estimate of drug-likeness (QED) is 0.906. The molecule has 0 saturated heterocycles. The number of amides is 1. The average molecular weight is 291 g/mol. The molecule has 4 heteroatoms. The van der Waals surface area contributed by atoms with Crippen LogP contribution in [0.4, 0.5) is 4.39 Å². The smallest absolute Gasteiger partial charge is 0.260 e. The molecule has 114 valence electrons. The molecule has 0 heterocycles. The van der Waals surface area contributed by atoms with E-state index < -0.39 is 11.6 Å². The van der Waals surface area contributed by atoms with Crippen LogP contribution in [0.5, 0.6) is 0 Å². The van der Waals surface area contributed by atoms with E-state index in [4.69, 9.17) is 5.11 Å². The maximum atomic E-state index is 14.8. The van der Waals surface area contributed by atoms with E-state index in [9.17, 15) is 9.18 Å². The lowest BCUT2D eigenvalue weighted by molar-refractivity contribution is -0.173. The molecule has 1 amide bonds. The third kappa shape index (κ3) is 2.69. The molecule has 1 spiro atoms. The molecular formula is C17H22FNO2. The summed E-state index contributed by atoms with van der Waals surface area (Å²) in [6, 6.07) is 9.53. The maximum absolute atomic E-state index is 14.8. The lowest BCUT2D eigenvalue weighted by Gasteiger charge is -2.57. The Morgan fingerprint density at radius 2 is 1.90 bits per heavy atom. The van der Waals surface area contributed by atoms with Crippen LogP contribution in [-0.4, -0.2) is 34.7 Å². The number of carbonyl (C=O) groups is 1. The molecule has 0 bridgehead atoms. The largest absolute Gasteiger partial charge is 0.395 e. The van der Waals surface area contributed by atoms with Gasteiger partial charge in [-0.05, 0) is 36.7 Å². The number of halogens is 1. The minimum atomic E-state index is -1.70. The summed E-state index contributed by atoms with van der Waals surface area (Å²) in [5, 5.41) is 9.16. The summed E-state index contributed by atoms with van der Waals surface area (Å²) in [7, 11) is 0. The molecule has 0 unspecified atom stereocenters. The lowest BCUT2D eigenvalue weighted by Crippen LogP contribution is -2.60. The molecule has 2 fully saturated rings. The Balaban J connectivity index is 1.67. The van der Waals surface area contributed by atoms with Gasteiger partial charge in [-0.2, -0.15) is 0 Å². The van der Waals surface area contributed by atoms with Crippen molar-refractivity contribution >= 4 is 5.91 Å². The van der Waals surface area contributed by atoms with Gasteiger partial charge in [0, 0.05) is 13.1 Å². The summed E-state index contributed by atoms with van der Waals surface area (Å²) in [4.78, 5) is 14.0. The van der Waals surface area contributed by atoms with Gasteiger partial charge >= 0.3 is 0 Å². The number of carbonyl (C=O) groups excluding carboxylic acids is 1. The van der Waals surface area contributed by atoms with Gasteiger partial charge < -0.3 is 10.0 Å². The number of hydrogen-bond acceptors (Lipinski definition) is 2. The van der Waals surface area contributed by atoms with E-state index >= 15 is 0 Å². The van der Waals surface area contributed by atoms with Crippen LogP contribution in [0.3, 0.4) is 0 Å². The number of alkyl halides is 1. The maximum Gasteiger partial charge on any atom is 0.260 e. The Morgan fingerprint density at radius 3 is 2.43 bits per heavy atom. The standard InChI is InChI=1S/C17H22FNO2/c18-17(12-16(13-17)7-4-8-16)15(21)19(9-10-20)11-14-5-2-1-3-6-14/h1-3,5-6,20H,4,7-13H2. The van der Waals surface area contributed by atoms with Gasteiger partial charge in [0.2, 0.25) is 0 Å². The van der Waals surface area contributed by atoms with E-state index in [-0.39, 0.29) is 18.6 Å². The first kappa shape index (κ1) is 14.5. The molecule has 0 radical (unpaired) electrons. The molecule has 2 aliphatic carbocycles. The van der Waals surface area contributed by atoms with Crippen molar-refractivity contribution in [1.29, 1.82) is 0 Å². The van der Waals surface area contributed by atoms with E-state index in [0.29, 0.717) is 19.4 Å². The summed E-state index contributed by atoms with van der Waals surface area (Å²) in [6.45, 7) is 0.408. The number of aliphatic hydroxyl groups excluding tert-OH is 1. The molecule has 0 aliphatic heterocycles. The van der Waals surface area contributed by atoms with Crippen LogP contribution in [0.15, 0.2) is 30.3 Å². The molecule has 3 nitrogen and oxygen atoms in total. The zero-order valence-corrected chi connectivity index (χ0v) is 12.2. The third-order valence-corrected chi connectivity index (χ3v) is 4.98. The first-order valence-corrected chi connectivity index (χ1v) is 7.70. The number of nitrogens with zero attached hydrogens (tertiary/aromatic N) is 1. The van der Waals surface area contributed by atoms with Gasteiger partial charge in [-0.1, -0.05) is 36.8 Å². The molecule has 1 N–H and O–H groups in total. The fraction of sp³-hybridized carbons (Fsp3) is 0.588. The second-order valence-corrected chi connectivity index (χ2v) is 6.61. The zero-order chi connectivity index (χ0) is 14.9. The van der Waals surface area contributed by atoms with E-state index in [2.05, 4.69) is 0 Å². The van der Waals surface area contributed by atoms with Crippen molar-refractivity contribution < 1.29 is 14.3 Å². The van der Waals surface area contributed by atoms with Crippen molar-refractivity contribution in [2.75, 3.05) is 13.2 Å². The van der Waals surface area contributed by atoms with Crippen LogP contribution in [0.1, 0.15) is 37.7 Å². The predicted molar refractivity (Wildman–Crippen MR) is 78.3 cm³/mol. The highest BCUT2D eigenvalue weighted by Gasteiger charge is 2.62. The van der Waals surface area contributed by atoms with Gasteiger partial charge in [0.05, 0.1) is 6.61 Å². The van der Waals surface area contributed by atoms with Gasteiger partial charge in [-0.25, -0.2) is 4.39 Å². The fourth-order valence-electron chi connectivity index (χ4n) is 3.78. The third-order valence-electron chi connectivity index (χ3n) is 4.98. The summed E-state index contributed by atoms with van der Waals surface area (Å²) in [5.41, 5.74) is -0.632. The number of rotatable bonds is 5. The van der Waals surface area contributed by atoms with E-state index in [1.807, 2.05) is 30.3 Å². The van der Waals surface area contributed by atoms with E-state index in [1.54, 1.807) is 0 Å². The minimum absolute atomic E-state index is 0.113. The topological polar surface area (TPSA) is 40.5 Å². The van der Waals surface area contributed by atoms with Gasteiger partial charge in [-0.15, -0.1) is 0 Å². The fourth-order valence-corrected chi connectivity index (χ4v) is 3.78. The van der Waals surface area contributed by atoms with Crippen LogP contribution < -0.4 is 0 Å². The van der Waals surface area contributed by atoms with Crippen molar-refractivity contribution in [3.63, 3.8) is 0 Å². The van der Waals surface area contributed by atoms with Crippen LogP contribution in [-0.2, 0) is 11.3 Å². The molecule has 1 aromatic rings. The molecule has 3 rings (SSSR count). The van der Waals surface area contributed by atoms with Gasteiger partial charge in [0.15, 0.2) is 5.67 Å². The van der Waals surface area contributed by atoms with Crippen molar-refractivity contribution in [3.8, 4) is 0 Å². The Morgan fingerprint density at radius 1 is 1.24 bits per heavy atom. The summed E-state index contributed by atoms with van der Waals surface area (Å²) < 4.78 is 14.8. The normalized spacial score (nSPS) is 21.4. The highest BCUT2D eigenvalue weighted by atomic mass is 19.1. The monoisotopic (exact) mass is 291 g/mol. The van der Waals surface area contributed by atoms with Crippen LogP contribution in [0.25, 0.3) is 0 Å². The second kappa shape index (κ2) is 5.41. The highest BCUT2D eigenvalue weighted by molar-refractivity contribution is 5.86. The number of benzene rings is 1. The average Bonchev–Trinajstić information content (AvgIpc) is 2.42. The van der Waals surface area contributed by atoms with Crippen molar-refractivity contribution in [2.24, 2.45) is 5.41 Å². The Kier molecular flexibility index (Phi) is 3.74. The molecule has 2 saturated carbocycles.